The molecule has 0 unspecified atom stereocenters. The summed E-state index contributed by atoms with van der Waals surface area (Å²) in [7, 11) is 2.01. The average Bonchev–Trinajstić information content (AvgIpc) is 2.31. The predicted octanol–water partition coefficient (Wildman–Crippen LogP) is -1.80. The SMILES string of the molecule is CCC=Cn1cc[n+](C)c1.[Br-]. The van der Waals surface area contributed by atoms with Crippen molar-refractivity contribution in [3.8, 4) is 0 Å². The van der Waals surface area contributed by atoms with Gasteiger partial charge in [0.15, 0.2) is 0 Å². The number of halogens is 1. The molecule has 0 N–H and O–H groups in total. The molecule has 2 nitrogen and oxygen atoms in total. The first-order valence-corrected chi connectivity index (χ1v) is 3.52. The molecular weight excluding hydrogens is 204 g/mol. The van der Waals surface area contributed by atoms with Crippen molar-refractivity contribution in [2.45, 2.75) is 13.3 Å². The Balaban J connectivity index is 0.000001000. The van der Waals surface area contributed by atoms with E-state index in [1.807, 2.05) is 34.9 Å². The molecule has 0 saturated heterocycles. The van der Waals surface area contributed by atoms with Crippen molar-refractivity contribution in [2.75, 3.05) is 0 Å². The zero-order valence-electron chi connectivity index (χ0n) is 6.87. The van der Waals surface area contributed by atoms with Gasteiger partial charge in [-0.05, 0) is 12.5 Å². The van der Waals surface area contributed by atoms with E-state index in [1.165, 1.54) is 0 Å². The normalized spacial score (nSPS) is 10.0. The van der Waals surface area contributed by atoms with Gasteiger partial charge in [0.1, 0.15) is 12.4 Å². The van der Waals surface area contributed by atoms with Crippen molar-refractivity contribution >= 4 is 6.20 Å². The summed E-state index contributed by atoms with van der Waals surface area (Å²) in [6.07, 6.45) is 11.3. The highest BCUT2D eigenvalue weighted by molar-refractivity contribution is 5.19. The summed E-state index contributed by atoms with van der Waals surface area (Å²) in [4.78, 5) is 0. The summed E-state index contributed by atoms with van der Waals surface area (Å²) < 4.78 is 4.05. The third-order valence-electron chi connectivity index (χ3n) is 1.30. The zero-order valence-corrected chi connectivity index (χ0v) is 8.45. The average molecular weight is 217 g/mol. The standard InChI is InChI=1S/C8H13N2.BrH/c1-3-4-5-10-7-6-9(2)8-10;/h4-8H,3H2,1-2H3;1H/q+1;/p-1. The lowest BCUT2D eigenvalue weighted by atomic mass is 10.5. The number of imidazole rings is 1. The smallest absolute Gasteiger partial charge is 0.248 e. The molecule has 0 bridgehead atoms. The van der Waals surface area contributed by atoms with Crippen molar-refractivity contribution in [1.29, 1.82) is 0 Å². The second-order valence-electron chi connectivity index (χ2n) is 2.32. The second-order valence-corrected chi connectivity index (χ2v) is 2.32. The van der Waals surface area contributed by atoms with Gasteiger partial charge in [0.05, 0.1) is 13.2 Å². The van der Waals surface area contributed by atoms with Gasteiger partial charge in [-0.2, -0.15) is 0 Å². The maximum Gasteiger partial charge on any atom is 0.248 e. The molecule has 0 fully saturated rings. The number of hydrogen-bond acceptors (Lipinski definition) is 0. The highest BCUT2D eigenvalue weighted by Crippen LogP contribution is 1.86. The van der Waals surface area contributed by atoms with E-state index in [4.69, 9.17) is 0 Å². The Morgan fingerprint density at radius 1 is 1.55 bits per heavy atom. The van der Waals surface area contributed by atoms with Crippen LogP contribution in [-0.2, 0) is 7.05 Å². The van der Waals surface area contributed by atoms with E-state index in [9.17, 15) is 0 Å². The maximum atomic E-state index is 2.12. The summed E-state index contributed by atoms with van der Waals surface area (Å²) in [5, 5.41) is 0. The highest BCUT2D eigenvalue weighted by atomic mass is 79.9. The molecule has 0 radical (unpaired) electrons. The van der Waals surface area contributed by atoms with E-state index in [2.05, 4.69) is 19.2 Å². The molecule has 0 amide bonds. The van der Waals surface area contributed by atoms with E-state index < -0.39 is 0 Å². The Morgan fingerprint density at radius 3 is 2.73 bits per heavy atom. The number of nitrogens with zero attached hydrogens (tertiary/aromatic N) is 2. The Hall–Kier alpha value is -0.570. The van der Waals surface area contributed by atoms with Crippen LogP contribution >= 0.6 is 0 Å². The topological polar surface area (TPSA) is 8.81 Å². The number of rotatable bonds is 2. The first kappa shape index (κ1) is 10.4. The molecule has 1 rings (SSSR count). The molecule has 3 heteroatoms. The Morgan fingerprint density at radius 2 is 2.27 bits per heavy atom. The third-order valence-corrected chi connectivity index (χ3v) is 1.30. The monoisotopic (exact) mass is 216 g/mol. The number of aromatic nitrogens is 2. The van der Waals surface area contributed by atoms with Crippen LogP contribution in [0.2, 0.25) is 0 Å². The summed E-state index contributed by atoms with van der Waals surface area (Å²) >= 11 is 0. The molecule has 0 aliphatic rings. The summed E-state index contributed by atoms with van der Waals surface area (Å²) in [6, 6.07) is 0. The zero-order chi connectivity index (χ0) is 7.40. The lowest BCUT2D eigenvalue weighted by molar-refractivity contribution is -0.670. The van der Waals surface area contributed by atoms with Crippen LogP contribution in [0.4, 0.5) is 0 Å². The summed E-state index contributed by atoms with van der Waals surface area (Å²) in [5.41, 5.74) is 0. The van der Waals surface area contributed by atoms with Gasteiger partial charge in [-0.25, -0.2) is 9.13 Å². The van der Waals surface area contributed by atoms with Crippen LogP contribution in [0.1, 0.15) is 13.3 Å². The van der Waals surface area contributed by atoms with Crippen LogP contribution in [0.25, 0.3) is 6.20 Å². The van der Waals surface area contributed by atoms with Gasteiger partial charge in [-0.15, -0.1) is 0 Å². The first-order chi connectivity index (χ1) is 4.83. The molecule has 0 spiro atoms. The Kier molecular flexibility index (Phi) is 4.86. The molecule has 0 saturated carbocycles. The molecule has 0 atom stereocenters. The van der Waals surface area contributed by atoms with Gasteiger partial charge in [-0.1, -0.05) is 6.92 Å². The van der Waals surface area contributed by atoms with Gasteiger partial charge in [0.2, 0.25) is 6.33 Å². The highest BCUT2D eigenvalue weighted by Gasteiger charge is 1.91. The minimum Gasteiger partial charge on any atom is -1.00 e. The lowest BCUT2D eigenvalue weighted by Crippen LogP contribution is -3.00. The van der Waals surface area contributed by atoms with E-state index in [0.29, 0.717) is 0 Å². The molecule has 1 heterocycles. The van der Waals surface area contributed by atoms with Crippen molar-refractivity contribution in [3.05, 3.63) is 24.8 Å². The van der Waals surface area contributed by atoms with Crippen LogP contribution in [0.5, 0.6) is 0 Å². The summed E-state index contributed by atoms with van der Waals surface area (Å²) in [5.74, 6) is 0. The van der Waals surface area contributed by atoms with Crippen molar-refractivity contribution < 1.29 is 21.5 Å². The largest absolute Gasteiger partial charge is 1.00 e. The molecule has 1 aromatic rings. The Bertz CT molecular complexity index is 228. The van der Waals surface area contributed by atoms with Crippen LogP contribution in [0.15, 0.2) is 24.8 Å². The first-order valence-electron chi connectivity index (χ1n) is 3.52. The van der Waals surface area contributed by atoms with E-state index in [-0.39, 0.29) is 17.0 Å². The third kappa shape index (κ3) is 3.37. The van der Waals surface area contributed by atoms with Gasteiger partial charge >= 0.3 is 0 Å². The predicted molar refractivity (Wildman–Crippen MR) is 41.2 cm³/mol. The second kappa shape index (κ2) is 5.13. The Labute approximate surface area is 77.9 Å². The van der Waals surface area contributed by atoms with Crippen LogP contribution in [0.3, 0.4) is 0 Å². The summed E-state index contributed by atoms with van der Waals surface area (Å²) in [6.45, 7) is 2.12. The molecular formula is C8H13BrN2. The molecule has 11 heavy (non-hydrogen) atoms. The van der Waals surface area contributed by atoms with Crippen LogP contribution in [-0.4, -0.2) is 4.57 Å². The van der Waals surface area contributed by atoms with Crippen molar-refractivity contribution in [2.24, 2.45) is 7.05 Å². The van der Waals surface area contributed by atoms with Gasteiger partial charge in [0.25, 0.3) is 0 Å². The van der Waals surface area contributed by atoms with Crippen molar-refractivity contribution in [3.63, 3.8) is 0 Å². The van der Waals surface area contributed by atoms with Gasteiger partial charge < -0.3 is 17.0 Å². The molecule has 62 valence electrons. The van der Waals surface area contributed by atoms with Gasteiger partial charge in [-0.3, -0.25) is 0 Å². The van der Waals surface area contributed by atoms with Crippen LogP contribution in [0, 0.1) is 0 Å². The molecule has 0 aliphatic heterocycles. The molecule has 1 aromatic heterocycles. The minimum atomic E-state index is 0. The fourth-order valence-electron chi connectivity index (χ4n) is 0.785. The number of allylic oxidation sites excluding steroid dienone is 1. The lowest BCUT2D eigenvalue weighted by Gasteiger charge is -1.79. The van der Waals surface area contributed by atoms with E-state index in [1.54, 1.807) is 0 Å². The minimum absolute atomic E-state index is 0. The van der Waals surface area contributed by atoms with E-state index in [0.717, 1.165) is 6.42 Å². The fourth-order valence-corrected chi connectivity index (χ4v) is 0.785. The number of aryl methyl sites for hydroxylation is 1. The van der Waals surface area contributed by atoms with Gasteiger partial charge in [0, 0.05) is 0 Å². The molecule has 0 aromatic carbocycles. The van der Waals surface area contributed by atoms with Crippen molar-refractivity contribution in [1.82, 2.24) is 4.57 Å². The number of hydrogen-bond donors (Lipinski definition) is 0. The maximum absolute atomic E-state index is 2.12. The molecule has 0 aliphatic carbocycles. The van der Waals surface area contributed by atoms with E-state index >= 15 is 0 Å². The quantitative estimate of drug-likeness (QED) is 0.517. The van der Waals surface area contributed by atoms with Crippen LogP contribution < -0.4 is 21.5 Å². The fraction of sp³-hybridized carbons (Fsp3) is 0.375.